The molecule has 23 heavy (non-hydrogen) atoms. The van der Waals surface area contributed by atoms with Gasteiger partial charge < -0.3 is 10.3 Å². The summed E-state index contributed by atoms with van der Waals surface area (Å²) < 4.78 is 0. The number of aromatic nitrogens is 1. The third kappa shape index (κ3) is 3.88. The van der Waals surface area contributed by atoms with Crippen molar-refractivity contribution in [2.75, 3.05) is 0 Å². The second-order valence-electron chi connectivity index (χ2n) is 5.47. The molecule has 0 aliphatic rings. The van der Waals surface area contributed by atoms with E-state index in [2.05, 4.69) is 10.3 Å². The van der Waals surface area contributed by atoms with Gasteiger partial charge in [0.05, 0.1) is 6.54 Å². The molecule has 1 amide bonds. The molecule has 120 valence electrons. The first-order chi connectivity index (χ1) is 10.9. The molecule has 2 rings (SSSR count). The van der Waals surface area contributed by atoms with Crippen molar-refractivity contribution < 1.29 is 4.79 Å². The van der Waals surface area contributed by atoms with Crippen molar-refractivity contribution in [1.82, 2.24) is 10.3 Å². The summed E-state index contributed by atoms with van der Waals surface area (Å²) >= 11 is 1.63. The third-order valence-electron chi connectivity index (χ3n) is 3.94. The van der Waals surface area contributed by atoms with Gasteiger partial charge in [-0.2, -0.15) is 5.26 Å². The zero-order valence-electron chi connectivity index (χ0n) is 13.4. The Balaban J connectivity index is 2.01. The number of rotatable bonds is 5. The van der Waals surface area contributed by atoms with Crippen LogP contribution in [0, 0.1) is 32.1 Å². The van der Waals surface area contributed by atoms with Gasteiger partial charge in [-0.3, -0.25) is 9.59 Å². The van der Waals surface area contributed by atoms with Crippen molar-refractivity contribution in [3.8, 4) is 6.07 Å². The van der Waals surface area contributed by atoms with Gasteiger partial charge in [0.2, 0.25) is 5.91 Å². The first-order valence-electron chi connectivity index (χ1n) is 7.36. The Labute approximate surface area is 139 Å². The average molecular weight is 329 g/mol. The van der Waals surface area contributed by atoms with Crippen molar-refractivity contribution in [2.24, 2.45) is 0 Å². The zero-order valence-corrected chi connectivity index (χ0v) is 14.3. The van der Waals surface area contributed by atoms with E-state index in [0.29, 0.717) is 30.6 Å². The molecule has 5 nitrogen and oxygen atoms in total. The fraction of sp³-hybridized carbons (Fsp3) is 0.353. The maximum atomic E-state index is 12.0. The summed E-state index contributed by atoms with van der Waals surface area (Å²) in [7, 11) is 0. The lowest BCUT2D eigenvalue weighted by Gasteiger charge is -2.11. The van der Waals surface area contributed by atoms with Crippen LogP contribution in [0.3, 0.4) is 0 Å². The Kier molecular flexibility index (Phi) is 5.35. The number of hydrogen-bond acceptors (Lipinski definition) is 4. The normalized spacial score (nSPS) is 10.3. The Morgan fingerprint density at radius 3 is 2.74 bits per heavy atom. The molecule has 0 fully saturated rings. The van der Waals surface area contributed by atoms with Crippen LogP contribution in [0.2, 0.25) is 0 Å². The molecule has 0 unspecified atom stereocenters. The van der Waals surface area contributed by atoms with Gasteiger partial charge in [0.25, 0.3) is 5.56 Å². The monoisotopic (exact) mass is 329 g/mol. The number of carbonyl (C=O) groups is 1. The molecule has 0 aliphatic heterocycles. The molecule has 0 saturated heterocycles. The van der Waals surface area contributed by atoms with E-state index in [-0.39, 0.29) is 17.0 Å². The van der Waals surface area contributed by atoms with Gasteiger partial charge in [-0.25, -0.2) is 0 Å². The number of hydrogen-bond donors (Lipinski definition) is 2. The van der Waals surface area contributed by atoms with Crippen LogP contribution >= 0.6 is 11.3 Å². The number of carbonyl (C=O) groups excluding carboxylic acids is 1. The van der Waals surface area contributed by atoms with Gasteiger partial charge >= 0.3 is 0 Å². The number of nitrogens with zero attached hydrogens (tertiary/aromatic N) is 1. The number of aryl methyl sites for hydroxylation is 2. The highest BCUT2D eigenvalue weighted by Crippen LogP contribution is 2.16. The summed E-state index contributed by atoms with van der Waals surface area (Å²) in [5, 5.41) is 14.0. The highest BCUT2D eigenvalue weighted by Gasteiger charge is 2.13. The lowest BCUT2D eigenvalue weighted by Crippen LogP contribution is -2.24. The molecule has 0 bridgehead atoms. The fourth-order valence-corrected chi connectivity index (χ4v) is 3.36. The Hall–Kier alpha value is -2.39. The van der Waals surface area contributed by atoms with Crippen LogP contribution < -0.4 is 10.9 Å². The predicted octanol–water partition coefficient (Wildman–Crippen LogP) is 2.48. The van der Waals surface area contributed by atoms with Gasteiger partial charge in [0, 0.05) is 17.0 Å². The minimum absolute atomic E-state index is 0.0405. The highest BCUT2D eigenvalue weighted by atomic mass is 32.1. The van der Waals surface area contributed by atoms with E-state index in [9.17, 15) is 9.59 Å². The van der Waals surface area contributed by atoms with E-state index >= 15 is 0 Å². The quantitative estimate of drug-likeness (QED) is 0.883. The summed E-state index contributed by atoms with van der Waals surface area (Å²) in [6.07, 6.45) is 0.821. The summed E-state index contributed by atoms with van der Waals surface area (Å²) in [5.74, 6) is -0.0405. The maximum Gasteiger partial charge on any atom is 0.266 e. The highest BCUT2D eigenvalue weighted by molar-refractivity contribution is 7.10. The molecule has 2 aromatic heterocycles. The molecular weight excluding hydrogens is 310 g/mol. The molecule has 0 atom stereocenters. The van der Waals surface area contributed by atoms with Gasteiger partial charge in [-0.1, -0.05) is 0 Å². The molecule has 0 spiro atoms. The minimum atomic E-state index is -0.371. The lowest BCUT2D eigenvalue weighted by molar-refractivity contribution is -0.121. The van der Waals surface area contributed by atoms with Crippen LogP contribution in [-0.4, -0.2) is 10.9 Å². The smallest absolute Gasteiger partial charge is 0.266 e. The fourth-order valence-electron chi connectivity index (χ4n) is 2.51. The van der Waals surface area contributed by atoms with E-state index in [1.165, 1.54) is 5.56 Å². The van der Waals surface area contributed by atoms with Gasteiger partial charge in [-0.15, -0.1) is 11.3 Å². The lowest BCUT2D eigenvalue weighted by atomic mass is 9.99. The number of thiophene rings is 1. The SMILES string of the molecule is Cc1ccsc1CNC(=O)CCc1c(C)[nH]c(=O)c(C#N)c1C. The summed E-state index contributed by atoms with van der Waals surface area (Å²) in [4.78, 5) is 27.5. The van der Waals surface area contributed by atoms with E-state index < -0.39 is 0 Å². The summed E-state index contributed by atoms with van der Waals surface area (Å²) in [5.41, 5.74) is 3.18. The summed E-state index contributed by atoms with van der Waals surface area (Å²) in [6.45, 7) is 6.10. The average Bonchev–Trinajstić information content (AvgIpc) is 2.90. The second-order valence-corrected chi connectivity index (χ2v) is 6.47. The van der Waals surface area contributed by atoms with Gasteiger partial charge in [0.15, 0.2) is 0 Å². The van der Waals surface area contributed by atoms with Gasteiger partial charge in [0.1, 0.15) is 11.6 Å². The molecular formula is C17H19N3O2S. The van der Waals surface area contributed by atoms with E-state index in [0.717, 1.165) is 10.4 Å². The largest absolute Gasteiger partial charge is 0.351 e. The second kappa shape index (κ2) is 7.25. The van der Waals surface area contributed by atoms with Crippen LogP contribution in [-0.2, 0) is 17.8 Å². The molecule has 6 heteroatoms. The topological polar surface area (TPSA) is 85.8 Å². The van der Waals surface area contributed by atoms with Crippen molar-refractivity contribution in [3.05, 3.63) is 54.6 Å². The van der Waals surface area contributed by atoms with Crippen LogP contribution in [0.1, 0.15) is 39.2 Å². The van der Waals surface area contributed by atoms with Crippen molar-refractivity contribution in [3.63, 3.8) is 0 Å². The molecule has 0 aliphatic carbocycles. The predicted molar refractivity (Wildman–Crippen MR) is 90.5 cm³/mol. The minimum Gasteiger partial charge on any atom is -0.351 e. The maximum absolute atomic E-state index is 12.0. The molecule has 2 N–H and O–H groups in total. The zero-order chi connectivity index (χ0) is 17.0. The number of aromatic amines is 1. The van der Waals surface area contributed by atoms with Crippen LogP contribution in [0.15, 0.2) is 16.2 Å². The number of nitrogens with one attached hydrogen (secondary N) is 2. The van der Waals surface area contributed by atoms with Crippen molar-refractivity contribution in [2.45, 2.75) is 40.2 Å². The Bertz CT molecular complexity index is 827. The number of H-pyrrole nitrogens is 1. The van der Waals surface area contributed by atoms with Crippen LogP contribution in [0.25, 0.3) is 0 Å². The van der Waals surface area contributed by atoms with Crippen molar-refractivity contribution in [1.29, 1.82) is 5.26 Å². The third-order valence-corrected chi connectivity index (χ3v) is 4.96. The number of nitriles is 1. The van der Waals surface area contributed by atoms with Crippen molar-refractivity contribution >= 4 is 17.2 Å². The first-order valence-corrected chi connectivity index (χ1v) is 8.24. The molecule has 0 aromatic carbocycles. The number of pyridine rings is 1. The number of amides is 1. The van der Waals surface area contributed by atoms with E-state index in [4.69, 9.17) is 5.26 Å². The summed E-state index contributed by atoms with van der Waals surface area (Å²) in [6, 6.07) is 3.96. The molecule has 2 heterocycles. The van der Waals surface area contributed by atoms with Gasteiger partial charge in [-0.05, 0) is 55.3 Å². The van der Waals surface area contributed by atoms with E-state index in [1.807, 2.05) is 24.4 Å². The van der Waals surface area contributed by atoms with Crippen LogP contribution in [0.4, 0.5) is 0 Å². The molecule has 0 radical (unpaired) electrons. The standard InChI is InChI=1S/C17H19N3O2S/c1-10-6-7-23-15(10)9-19-16(21)5-4-13-11(2)14(8-18)17(22)20-12(13)3/h6-7H,4-5,9H2,1-3H3,(H,19,21)(H,20,22). The Morgan fingerprint density at radius 1 is 1.39 bits per heavy atom. The molecule has 0 saturated carbocycles. The van der Waals surface area contributed by atoms with E-state index in [1.54, 1.807) is 25.2 Å². The first kappa shape index (κ1) is 17.0. The van der Waals surface area contributed by atoms with Crippen LogP contribution in [0.5, 0.6) is 0 Å². The Morgan fingerprint density at radius 2 is 2.13 bits per heavy atom. The molecule has 2 aromatic rings.